The SMILES string of the molecule is CC1(C)c2ccccc2-c2ccc(-n3ccnn3)cc21. The Morgan fingerprint density at radius 2 is 1.75 bits per heavy atom. The van der Waals surface area contributed by atoms with Crippen molar-refractivity contribution in [3.8, 4) is 16.8 Å². The number of aromatic nitrogens is 3. The van der Waals surface area contributed by atoms with Gasteiger partial charge < -0.3 is 0 Å². The van der Waals surface area contributed by atoms with Gasteiger partial charge in [-0.2, -0.15) is 0 Å². The summed E-state index contributed by atoms with van der Waals surface area (Å²) in [4.78, 5) is 0. The Kier molecular flexibility index (Phi) is 2.16. The molecule has 20 heavy (non-hydrogen) atoms. The fourth-order valence-corrected chi connectivity index (χ4v) is 3.18. The maximum atomic E-state index is 4.08. The summed E-state index contributed by atoms with van der Waals surface area (Å²) in [6.45, 7) is 4.56. The zero-order chi connectivity index (χ0) is 13.7. The van der Waals surface area contributed by atoms with E-state index in [0.29, 0.717) is 0 Å². The molecule has 0 N–H and O–H groups in total. The number of hydrogen-bond acceptors (Lipinski definition) is 2. The van der Waals surface area contributed by atoms with Crippen LogP contribution in [0.4, 0.5) is 0 Å². The second kappa shape index (κ2) is 3.79. The highest BCUT2D eigenvalue weighted by Gasteiger charge is 2.35. The van der Waals surface area contributed by atoms with Crippen LogP contribution < -0.4 is 0 Å². The first-order valence-corrected chi connectivity index (χ1v) is 6.79. The first-order chi connectivity index (χ1) is 9.68. The van der Waals surface area contributed by atoms with Gasteiger partial charge in [0.15, 0.2) is 0 Å². The van der Waals surface area contributed by atoms with Gasteiger partial charge in [0.2, 0.25) is 0 Å². The van der Waals surface area contributed by atoms with Gasteiger partial charge in [0.1, 0.15) is 0 Å². The molecule has 0 radical (unpaired) electrons. The van der Waals surface area contributed by atoms with Crippen molar-refractivity contribution in [1.82, 2.24) is 15.0 Å². The molecule has 1 aliphatic carbocycles. The molecule has 4 rings (SSSR count). The molecule has 0 unspecified atom stereocenters. The monoisotopic (exact) mass is 261 g/mol. The summed E-state index contributed by atoms with van der Waals surface area (Å²) in [7, 11) is 0. The molecule has 3 heteroatoms. The molecule has 3 nitrogen and oxygen atoms in total. The van der Waals surface area contributed by atoms with Gasteiger partial charge in [0.25, 0.3) is 0 Å². The van der Waals surface area contributed by atoms with E-state index in [1.807, 2.05) is 6.20 Å². The third kappa shape index (κ3) is 1.40. The largest absolute Gasteiger partial charge is 0.221 e. The van der Waals surface area contributed by atoms with Gasteiger partial charge in [-0.3, -0.25) is 0 Å². The average Bonchev–Trinajstić information content (AvgIpc) is 3.07. The lowest BCUT2D eigenvalue weighted by molar-refractivity contribution is 0.658. The van der Waals surface area contributed by atoms with Gasteiger partial charge >= 0.3 is 0 Å². The molecular weight excluding hydrogens is 246 g/mol. The fourth-order valence-electron chi connectivity index (χ4n) is 3.18. The minimum atomic E-state index is 0.0303. The van der Waals surface area contributed by atoms with Crippen LogP contribution >= 0.6 is 0 Å². The molecule has 3 aromatic rings. The Morgan fingerprint density at radius 1 is 0.950 bits per heavy atom. The molecule has 0 saturated carbocycles. The Labute approximate surface area is 117 Å². The predicted octanol–water partition coefficient (Wildman–Crippen LogP) is 3.57. The van der Waals surface area contributed by atoms with Crippen LogP contribution in [0, 0.1) is 0 Å². The minimum Gasteiger partial charge on any atom is -0.221 e. The van der Waals surface area contributed by atoms with Crippen LogP contribution in [0.2, 0.25) is 0 Å². The molecule has 1 aromatic heterocycles. The van der Waals surface area contributed by atoms with E-state index in [1.165, 1.54) is 22.3 Å². The number of rotatable bonds is 1. The van der Waals surface area contributed by atoms with Crippen molar-refractivity contribution in [2.75, 3.05) is 0 Å². The van der Waals surface area contributed by atoms with E-state index < -0.39 is 0 Å². The first kappa shape index (κ1) is 11.4. The second-order valence-corrected chi connectivity index (χ2v) is 5.75. The molecule has 1 heterocycles. The highest BCUT2D eigenvalue weighted by atomic mass is 15.4. The molecule has 1 aliphatic rings. The normalized spacial score (nSPS) is 14.9. The van der Waals surface area contributed by atoms with E-state index in [9.17, 15) is 0 Å². The maximum Gasteiger partial charge on any atom is 0.0697 e. The van der Waals surface area contributed by atoms with Crippen LogP contribution in [0.5, 0.6) is 0 Å². The molecule has 0 bridgehead atoms. The topological polar surface area (TPSA) is 30.7 Å². The highest BCUT2D eigenvalue weighted by Crippen LogP contribution is 2.48. The first-order valence-electron chi connectivity index (χ1n) is 6.79. The van der Waals surface area contributed by atoms with Gasteiger partial charge in [0.05, 0.1) is 18.1 Å². The van der Waals surface area contributed by atoms with Gasteiger partial charge in [-0.1, -0.05) is 49.4 Å². The highest BCUT2D eigenvalue weighted by molar-refractivity contribution is 5.81. The Balaban J connectivity index is 1.97. The number of fused-ring (bicyclic) bond motifs is 3. The quantitative estimate of drug-likeness (QED) is 0.670. The van der Waals surface area contributed by atoms with E-state index in [1.54, 1.807) is 10.9 Å². The summed E-state index contributed by atoms with van der Waals surface area (Å²) < 4.78 is 1.80. The lowest BCUT2D eigenvalue weighted by Gasteiger charge is -2.21. The van der Waals surface area contributed by atoms with E-state index in [0.717, 1.165) is 5.69 Å². The lowest BCUT2D eigenvalue weighted by atomic mass is 9.82. The smallest absolute Gasteiger partial charge is 0.0697 e. The van der Waals surface area contributed by atoms with Crippen LogP contribution in [-0.4, -0.2) is 15.0 Å². The average molecular weight is 261 g/mol. The standard InChI is InChI=1S/C17H15N3/c1-17(2)15-6-4-3-5-13(15)14-8-7-12(11-16(14)17)20-10-9-18-19-20/h3-11H,1-2H3. The molecule has 0 atom stereocenters. The van der Waals surface area contributed by atoms with Gasteiger partial charge in [0, 0.05) is 5.41 Å². The Hall–Kier alpha value is -2.42. The van der Waals surface area contributed by atoms with Crippen LogP contribution in [0.1, 0.15) is 25.0 Å². The minimum absolute atomic E-state index is 0.0303. The van der Waals surface area contributed by atoms with Crippen LogP contribution in [-0.2, 0) is 5.41 Å². The molecule has 0 fully saturated rings. The van der Waals surface area contributed by atoms with Crippen LogP contribution in [0.25, 0.3) is 16.8 Å². The van der Waals surface area contributed by atoms with Crippen molar-refractivity contribution in [3.05, 3.63) is 66.0 Å². The lowest BCUT2D eigenvalue weighted by Crippen LogP contribution is -2.15. The van der Waals surface area contributed by atoms with E-state index in [4.69, 9.17) is 0 Å². The molecule has 0 amide bonds. The van der Waals surface area contributed by atoms with Crippen molar-refractivity contribution in [1.29, 1.82) is 0 Å². The summed E-state index contributed by atoms with van der Waals surface area (Å²) in [5.41, 5.74) is 6.51. The van der Waals surface area contributed by atoms with Crippen molar-refractivity contribution in [2.45, 2.75) is 19.3 Å². The number of hydrogen-bond donors (Lipinski definition) is 0. The van der Waals surface area contributed by atoms with E-state index in [2.05, 4.69) is 66.6 Å². The van der Waals surface area contributed by atoms with Crippen molar-refractivity contribution < 1.29 is 0 Å². The summed E-state index contributed by atoms with van der Waals surface area (Å²) >= 11 is 0. The van der Waals surface area contributed by atoms with Crippen LogP contribution in [0.3, 0.4) is 0 Å². The van der Waals surface area contributed by atoms with Gasteiger partial charge in [-0.15, -0.1) is 5.10 Å². The van der Waals surface area contributed by atoms with E-state index in [-0.39, 0.29) is 5.41 Å². The second-order valence-electron chi connectivity index (χ2n) is 5.75. The molecule has 98 valence electrons. The van der Waals surface area contributed by atoms with Crippen molar-refractivity contribution >= 4 is 0 Å². The molecular formula is C17H15N3. The molecule has 0 saturated heterocycles. The zero-order valence-electron chi connectivity index (χ0n) is 11.5. The van der Waals surface area contributed by atoms with Crippen LogP contribution in [0.15, 0.2) is 54.9 Å². The summed E-state index contributed by atoms with van der Waals surface area (Å²) in [6.07, 6.45) is 3.57. The van der Waals surface area contributed by atoms with Crippen molar-refractivity contribution in [3.63, 3.8) is 0 Å². The van der Waals surface area contributed by atoms with Gasteiger partial charge in [-0.05, 0) is 34.4 Å². The van der Waals surface area contributed by atoms with Crippen molar-refractivity contribution in [2.24, 2.45) is 0 Å². The summed E-state index contributed by atoms with van der Waals surface area (Å²) in [5, 5.41) is 7.96. The summed E-state index contributed by atoms with van der Waals surface area (Å²) in [5.74, 6) is 0. The molecule has 0 spiro atoms. The third-order valence-corrected chi connectivity index (χ3v) is 4.25. The number of nitrogens with zero attached hydrogens (tertiary/aromatic N) is 3. The number of benzene rings is 2. The Bertz CT molecular complexity index is 786. The summed E-state index contributed by atoms with van der Waals surface area (Å²) in [6, 6.07) is 15.2. The fraction of sp³-hybridized carbons (Fsp3) is 0.176. The van der Waals surface area contributed by atoms with Gasteiger partial charge in [-0.25, -0.2) is 4.68 Å². The molecule has 2 aromatic carbocycles. The Morgan fingerprint density at radius 3 is 2.55 bits per heavy atom. The zero-order valence-corrected chi connectivity index (χ0v) is 11.5. The predicted molar refractivity (Wildman–Crippen MR) is 78.9 cm³/mol. The maximum absolute atomic E-state index is 4.08. The molecule has 0 aliphatic heterocycles. The van der Waals surface area contributed by atoms with E-state index >= 15 is 0 Å². The third-order valence-electron chi connectivity index (χ3n) is 4.25.